The highest BCUT2D eigenvalue weighted by molar-refractivity contribution is 5.94. The fourth-order valence-corrected chi connectivity index (χ4v) is 3.70. The van der Waals surface area contributed by atoms with Crippen LogP contribution < -0.4 is 15.4 Å². The number of benzene rings is 1. The number of rotatable bonds is 5. The number of ether oxygens (including phenoxy) is 1. The molecule has 0 radical (unpaired) electrons. The lowest BCUT2D eigenvalue weighted by atomic mass is 9.84. The minimum absolute atomic E-state index is 0.0169. The molecule has 1 unspecified atom stereocenters. The third-order valence-electron chi connectivity index (χ3n) is 5.08. The molecule has 3 fully saturated rings. The second kappa shape index (κ2) is 7.40. The van der Waals surface area contributed by atoms with Gasteiger partial charge in [-0.15, -0.1) is 0 Å². The maximum atomic E-state index is 12.5. The van der Waals surface area contributed by atoms with Crippen LogP contribution in [0.2, 0.25) is 0 Å². The van der Waals surface area contributed by atoms with Crippen LogP contribution in [0.15, 0.2) is 34.9 Å². The first-order valence-electron chi connectivity index (χ1n) is 9.11. The molecule has 1 aromatic carbocycles. The molecule has 0 aliphatic carbocycles. The van der Waals surface area contributed by atoms with Crippen LogP contribution in [0.1, 0.15) is 30.1 Å². The zero-order valence-electron chi connectivity index (χ0n) is 15.1. The molecule has 0 saturated carbocycles. The standard InChI is InChI=1S/C19H22N4O4/c1-12(24)20-17-11-26-19(22-17)27-15-4-2-14(3-5-15)18(25)21-16-10-23-8-6-13(16)7-9-23/h2-5,11,13,16H,6-10H2,1H3,(H,20,24)(H,21,25). The van der Waals surface area contributed by atoms with E-state index < -0.39 is 0 Å². The van der Waals surface area contributed by atoms with E-state index in [0.29, 0.717) is 17.2 Å². The Kier molecular flexibility index (Phi) is 4.81. The minimum Gasteiger partial charge on any atom is -0.415 e. The first-order valence-corrected chi connectivity index (χ1v) is 9.11. The first kappa shape index (κ1) is 17.5. The highest BCUT2D eigenvalue weighted by Crippen LogP contribution is 2.28. The van der Waals surface area contributed by atoms with E-state index >= 15 is 0 Å². The fraction of sp³-hybridized carbons (Fsp3) is 0.421. The molecule has 2 bridgehead atoms. The monoisotopic (exact) mass is 370 g/mol. The number of piperidine rings is 3. The van der Waals surface area contributed by atoms with Gasteiger partial charge in [-0.05, 0) is 56.1 Å². The Labute approximate surface area is 156 Å². The Bertz CT molecular complexity index is 824. The van der Waals surface area contributed by atoms with E-state index in [-0.39, 0.29) is 29.8 Å². The summed E-state index contributed by atoms with van der Waals surface area (Å²) < 4.78 is 10.6. The third kappa shape index (κ3) is 4.11. The van der Waals surface area contributed by atoms with Crippen molar-refractivity contribution in [1.82, 2.24) is 15.2 Å². The minimum atomic E-state index is -0.242. The van der Waals surface area contributed by atoms with Crippen molar-refractivity contribution < 1.29 is 18.7 Å². The van der Waals surface area contributed by atoms with E-state index in [1.54, 1.807) is 24.3 Å². The first-order chi connectivity index (χ1) is 13.1. The quantitative estimate of drug-likeness (QED) is 0.838. The summed E-state index contributed by atoms with van der Waals surface area (Å²) in [4.78, 5) is 29.9. The van der Waals surface area contributed by atoms with Crippen LogP contribution in [0.3, 0.4) is 0 Å². The summed E-state index contributed by atoms with van der Waals surface area (Å²) in [6.07, 6.45) is 3.64. The number of nitrogens with zero attached hydrogens (tertiary/aromatic N) is 2. The lowest BCUT2D eigenvalue weighted by Crippen LogP contribution is -2.57. The van der Waals surface area contributed by atoms with E-state index in [4.69, 9.17) is 9.15 Å². The van der Waals surface area contributed by atoms with Crippen molar-refractivity contribution in [2.24, 2.45) is 5.92 Å². The van der Waals surface area contributed by atoms with Gasteiger partial charge in [0.15, 0.2) is 5.82 Å². The summed E-state index contributed by atoms with van der Waals surface area (Å²) in [6.45, 7) is 4.62. The summed E-state index contributed by atoms with van der Waals surface area (Å²) in [5.74, 6) is 1.05. The summed E-state index contributed by atoms with van der Waals surface area (Å²) in [5, 5.41) is 5.67. The molecule has 2 aromatic rings. The van der Waals surface area contributed by atoms with Crippen molar-refractivity contribution in [2.45, 2.75) is 25.8 Å². The van der Waals surface area contributed by atoms with E-state index in [9.17, 15) is 9.59 Å². The molecular weight excluding hydrogens is 348 g/mol. The second-order valence-electron chi connectivity index (χ2n) is 7.02. The smallest absolute Gasteiger partial charge is 0.401 e. The van der Waals surface area contributed by atoms with E-state index in [2.05, 4.69) is 20.5 Å². The van der Waals surface area contributed by atoms with Crippen LogP contribution in [0.4, 0.5) is 5.82 Å². The van der Waals surface area contributed by atoms with Crippen molar-refractivity contribution >= 4 is 17.6 Å². The van der Waals surface area contributed by atoms with Crippen molar-refractivity contribution in [3.8, 4) is 11.8 Å². The van der Waals surface area contributed by atoms with Crippen molar-refractivity contribution in [3.05, 3.63) is 36.1 Å². The van der Waals surface area contributed by atoms with Crippen LogP contribution in [0, 0.1) is 5.92 Å². The topological polar surface area (TPSA) is 96.7 Å². The summed E-state index contributed by atoms with van der Waals surface area (Å²) in [5.41, 5.74) is 0.588. The van der Waals surface area contributed by atoms with Gasteiger partial charge in [-0.25, -0.2) is 0 Å². The molecule has 3 aliphatic rings. The van der Waals surface area contributed by atoms with Crippen LogP contribution in [-0.2, 0) is 4.79 Å². The lowest BCUT2D eigenvalue weighted by Gasteiger charge is -2.44. The Hall–Kier alpha value is -2.87. The number of carbonyl (C=O) groups is 2. The van der Waals surface area contributed by atoms with Gasteiger partial charge >= 0.3 is 6.08 Å². The zero-order valence-corrected chi connectivity index (χ0v) is 15.1. The van der Waals surface area contributed by atoms with Crippen LogP contribution in [0.5, 0.6) is 11.8 Å². The van der Waals surface area contributed by atoms with Gasteiger partial charge in [0.05, 0.1) is 0 Å². The summed E-state index contributed by atoms with van der Waals surface area (Å²) in [7, 11) is 0. The molecule has 4 heterocycles. The largest absolute Gasteiger partial charge is 0.415 e. The number of fused-ring (bicyclic) bond motifs is 3. The molecule has 8 nitrogen and oxygen atoms in total. The van der Waals surface area contributed by atoms with Gasteiger partial charge in [-0.2, -0.15) is 4.98 Å². The molecule has 3 aliphatic heterocycles. The molecular formula is C19H22N4O4. The van der Waals surface area contributed by atoms with Crippen LogP contribution in [0.25, 0.3) is 0 Å². The van der Waals surface area contributed by atoms with Gasteiger partial charge in [-0.1, -0.05) is 0 Å². The number of hydrogen-bond acceptors (Lipinski definition) is 6. The normalized spacial score (nSPS) is 23.7. The molecule has 5 rings (SSSR count). The zero-order chi connectivity index (χ0) is 18.8. The number of aromatic nitrogens is 1. The van der Waals surface area contributed by atoms with E-state index in [1.807, 2.05) is 0 Å². The lowest BCUT2D eigenvalue weighted by molar-refractivity contribution is -0.114. The molecule has 27 heavy (non-hydrogen) atoms. The molecule has 2 N–H and O–H groups in total. The van der Waals surface area contributed by atoms with E-state index in [1.165, 1.54) is 13.2 Å². The number of amides is 2. The number of anilines is 1. The van der Waals surface area contributed by atoms with Crippen LogP contribution >= 0.6 is 0 Å². The Morgan fingerprint density at radius 2 is 1.96 bits per heavy atom. The molecule has 3 saturated heterocycles. The Morgan fingerprint density at radius 3 is 2.59 bits per heavy atom. The maximum absolute atomic E-state index is 12.5. The highest BCUT2D eigenvalue weighted by atomic mass is 16.6. The van der Waals surface area contributed by atoms with Gasteiger partial charge in [0.1, 0.15) is 12.0 Å². The van der Waals surface area contributed by atoms with Crippen molar-refractivity contribution in [3.63, 3.8) is 0 Å². The number of hydrogen-bond donors (Lipinski definition) is 2. The molecule has 1 aromatic heterocycles. The highest BCUT2D eigenvalue weighted by Gasteiger charge is 2.34. The van der Waals surface area contributed by atoms with Gasteiger partial charge < -0.3 is 24.7 Å². The fourth-order valence-electron chi connectivity index (χ4n) is 3.70. The molecule has 1 atom stereocenters. The molecule has 0 spiro atoms. The number of nitrogens with one attached hydrogen (secondary N) is 2. The number of carbonyl (C=O) groups excluding carboxylic acids is 2. The average molecular weight is 370 g/mol. The SMILES string of the molecule is CC(=O)Nc1coc(Oc2ccc(C(=O)NC3CN4CCC3CC4)cc2)n1. The van der Waals surface area contributed by atoms with E-state index in [0.717, 1.165) is 32.5 Å². The van der Waals surface area contributed by atoms with Gasteiger partial charge in [-0.3, -0.25) is 9.59 Å². The molecule has 2 amide bonds. The summed E-state index contributed by atoms with van der Waals surface area (Å²) in [6, 6.07) is 7.03. The number of oxazole rings is 1. The predicted molar refractivity (Wildman–Crippen MR) is 97.7 cm³/mol. The predicted octanol–water partition coefficient (Wildman–Crippen LogP) is 2.25. The maximum Gasteiger partial charge on any atom is 0.401 e. The molecule has 8 heteroatoms. The summed E-state index contributed by atoms with van der Waals surface area (Å²) >= 11 is 0. The van der Waals surface area contributed by atoms with Gasteiger partial charge in [0.25, 0.3) is 5.91 Å². The molecule has 142 valence electrons. The Morgan fingerprint density at radius 1 is 1.22 bits per heavy atom. The average Bonchev–Trinajstić information content (AvgIpc) is 3.09. The van der Waals surface area contributed by atoms with Crippen LogP contribution in [-0.4, -0.2) is 47.4 Å². The Balaban J connectivity index is 1.35. The van der Waals surface area contributed by atoms with Gasteiger partial charge in [0, 0.05) is 25.1 Å². The second-order valence-corrected chi connectivity index (χ2v) is 7.02. The van der Waals surface area contributed by atoms with Gasteiger partial charge in [0.2, 0.25) is 5.91 Å². The van der Waals surface area contributed by atoms with Crippen molar-refractivity contribution in [1.29, 1.82) is 0 Å². The third-order valence-corrected chi connectivity index (χ3v) is 5.08. The van der Waals surface area contributed by atoms with Crippen molar-refractivity contribution in [2.75, 3.05) is 25.0 Å².